The molecule has 1 aromatic rings. The maximum absolute atomic E-state index is 13.4. The van der Waals surface area contributed by atoms with Gasteiger partial charge in [0.1, 0.15) is 5.82 Å². The Morgan fingerprint density at radius 2 is 1.89 bits per heavy atom. The summed E-state index contributed by atoms with van der Waals surface area (Å²) in [5, 5.41) is 0.230. The number of rotatable bonds is 4. The molecule has 19 heavy (non-hydrogen) atoms. The second kappa shape index (κ2) is 6.61. The molecule has 0 bridgehead atoms. The summed E-state index contributed by atoms with van der Waals surface area (Å²) in [6.07, 6.45) is 0. The highest BCUT2D eigenvalue weighted by molar-refractivity contribution is 7.80. The lowest BCUT2D eigenvalue weighted by Crippen LogP contribution is -2.48. The van der Waals surface area contributed by atoms with Crippen molar-refractivity contribution in [1.82, 2.24) is 9.80 Å². The largest absolute Gasteiger partial charge is 0.392 e. The van der Waals surface area contributed by atoms with E-state index >= 15 is 0 Å². The number of nitrogens with zero attached hydrogens (tertiary/aromatic N) is 2. The van der Waals surface area contributed by atoms with Crippen LogP contribution in [0.2, 0.25) is 5.02 Å². The van der Waals surface area contributed by atoms with Crippen molar-refractivity contribution in [3.63, 3.8) is 0 Å². The fourth-order valence-corrected chi connectivity index (χ4v) is 2.61. The number of hydrogen-bond acceptors (Lipinski definition) is 3. The van der Waals surface area contributed by atoms with E-state index in [1.807, 2.05) is 6.07 Å². The van der Waals surface area contributed by atoms with E-state index < -0.39 is 0 Å². The summed E-state index contributed by atoms with van der Waals surface area (Å²) in [6, 6.07) is 4.94. The Morgan fingerprint density at radius 1 is 1.26 bits per heavy atom. The molecule has 2 rings (SSSR count). The zero-order chi connectivity index (χ0) is 13.8. The van der Waals surface area contributed by atoms with E-state index in [0.29, 0.717) is 18.1 Å². The quantitative estimate of drug-likeness (QED) is 0.861. The van der Waals surface area contributed by atoms with Gasteiger partial charge in [-0.1, -0.05) is 36.0 Å². The summed E-state index contributed by atoms with van der Waals surface area (Å²) < 4.78 is 13.4. The normalized spacial score (nSPS) is 17.6. The molecule has 0 saturated carbocycles. The highest BCUT2D eigenvalue weighted by Crippen LogP contribution is 2.21. The van der Waals surface area contributed by atoms with Crippen molar-refractivity contribution >= 4 is 28.8 Å². The molecule has 0 unspecified atom stereocenters. The Balaban J connectivity index is 1.89. The highest BCUT2D eigenvalue weighted by atomic mass is 35.5. The summed E-state index contributed by atoms with van der Waals surface area (Å²) in [6.45, 7) is 5.01. The third-order valence-electron chi connectivity index (χ3n) is 3.27. The van der Waals surface area contributed by atoms with Gasteiger partial charge in [-0.05, 0) is 11.6 Å². The Bertz CT molecular complexity index is 461. The topological polar surface area (TPSA) is 32.5 Å². The SMILES string of the molecule is NC(=S)CN1CCN(Cc2cccc(F)c2Cl)CC1. The second-order valence-electron chi connectivity index (χ2n) is 4.73. The Morgan fingerprint density at radius 3 is 2.53 bits per heavy atom. The van der Waals surface area contributed by atoms with Gasteiger partial charge in [-0.25, -0.2) is 4.39 Å². The second-order valence-corrected chi connectivity index (χ2v) is 5.63. The average Bonchev–Trinajstić information content (AvgIpc) is 2.37. The summed E-state index contributed by atoms with van der Waals surface area (Å²) >= 11 is 10.9. The predicted octanol–water partition coefficient (Wildman–Crippen LogP) is 1.88. The Hall–Kier alpha value is -0.750. The lowest BCUT2D eigenvalue weighted by Gasteiger charge is -2.34. The average molecular weight is 302 g/mol. The third-order valence-corrected chi connectivity index (χ3v) is 3.82. The molecule has 0 aromatic heterocycles. The summed E-state index contributed by atoms with van der Waals surface area (Å²) in [4.78, 5) is 5.02. The molecular weight excluding hydrogens is 285 g/mol. The standard InChI is InChI=1S/C13H17ClFN3S/c14-13-10(2-1-3-11(13)15)8-17-4-6-18(7-5-17)9-12(16)19/h1-3H,4-9H2,(H2,16,19). The first-order valence-corrected chi connectivity index (χ1v) is 7.01. The van der Waals surface area contributed by atoms with Crippen LogP contribution >= 0.6 is 23.8 Å². The van der Waals surface area contributed by atoms with Crippen LogP contribution in [0.3, 0.4) is 0 Å². The Labute approximate surface area is 123 Å². The molecule has 0 spiro atoms. The predicted molar refractivity (Wildman–Crippen MR) is 79.9 cm³/mol. The van der Waals surface area contributed by atoms with Crippen molar-refractivity contribution in [3.05, 3.63) is 34.6 Å². The smallest absolute Gasteiger partial charge is 0.142 e. The van der Waals surface area contributed by atoms with Crippen molar-refractivity contribution in [3.8, 4) is 0 Å². The molecule has 0 aliphatic carbocycles. The van der Waals surface area contributed by atoms with Crippen LogP contribution in [-0.4, -0.2) is 47.5 Å². The van der Waals surface area contributed by atoms with E-state index in [1.165, 1.54) is 6.07 Å². The van der Waals surface area contributed by atoms with Gasteiger partial charge in [0.2, 0.25) is 0 Å². The maximum atomic E-state index is 13.4. The summed E-state index contributed by atoms with van der Waals surface area (Å²) in [5.74, 6) is -0.355. The van der Waals surface area contributed by atoms with E-state index in [0.717, 1.165) is 31.7 Å². The first-order chi connectivity index (χ1) is 9.06. The van der Waals surface area contributed by atoms with E-state index in [4.69, 9.17) is 29.6 Å². The van der Waals surface area contributed by atoms with Crippen molar-refractivity contribution in [2.75, 3.05) is 32.7 Å². The highest BCUT2D eigenvalue weighted by Gasteiger charge is 2.18. The number of halogens is 2. The van der Waals surface area contributed by atoms with Gasteiger partial charge in [-0.3, -0.25) is 9.80 Å². The zero-order valence-electron chi connectivity index (χ0n) is 10.6. The fourth-order valence-electron chi connectivity index (χ4n) is 2.24. The molecule has 1 saturated heterocycles. The summed E-state index contributed by atoms with van der Waals surface area (Å²) in [5.41, 5.74) is 6.37. The lowest BCUT2D eigenvalue weighted by atomic mass is 10.2. The molecule has 1 aromatic carbocycles. The fraction of sp³-hybridized carbons (Fsp3) is 0.462. The number of benzene rings is 1. The molecule has 2 N–H and O–H groups in total. The number of piperazine rings is 1. The van der Waals surface area contributed by atoms with Crippen molar-refractivity contribution in [2.24, 2.45) is 5.73 Å². The molecule has 0 amide bonds. The van der Waals surface area contributed by atoms with E-state index in [9.17, 15) is 4.39 Å². The molecule has 1 fully saturated rings. The summed E-state index contributed by atoms with van der Waals surface area (Å²) in [7, 11) is 0. The molecular formula is C13H17ClFN3S. The minimum atomic E-state index is -0.355. The van der Waals surface area contributed by atoms with Gasteiger partial charge in [0.25, 0.3) is 0 Å². The maximum Gasteiger partial charge on any atom is 0.142 e. The monoisotopic (exact) mass is 301 g/mol. The van der Waals surface area contributed by atoms with Crippen LogP contribution in [0.5, 0.6) is 0 Å². The van der Waals surface area contributed by atoms with Gasteiger partial charge in [0.15, 0.2) is 0 Å². The van der Waals surface area contributed by atoms with Crippen LogP contribution < -0.4 is 5.73 Å². The van der Waals surface area contributed by atoms with E-state index in [-0.39, 0.29) is 10.8 Å². The van der Waals surface area contributed by atoms with Crippen LogP contribution in [0.15, 0.2) is 18.2 Å². The molecule has 0 radical (unpaired) electrons. The number of thiocarbonyl (C=S) groups is 1. The van der Waals surface area contributed by atoms with E-state index in [1.54, 1.807) is 6.07 Å². The van der Waals surface area contributed by atoms with Crippen molar-refractivity contribution < 1.29 is 4.39 Å². The van der Waals surface area contributed by atoms with Gasteiger partial charge in [-0.15, -0.1) is 0 Å². The van der Waals surface area contributed by atoms with Crippen molar-refractivity contribution in [2.45, 2.75) is 6.54 Å². The van der Waals surface area contributed by atoms with Crippen LogP contribution in [0.1, 0.15) is 5.56 Å². The Kier molecular flexibility index (Phi) is 5.10. The number of nitrogens with two attached hydrogens (primary N) is 1. The minimum absolute atomic E-state index is 0.230. The van der Waals surface area contributed by atoms with Crippen molar-refractivity contribution in [1.29, 1.82) is 0 Å². The zero-order valence-corrected chi connectivity index (χ0v) is 12.2. The van der Waals surface area contributed by atoms with Crippen LogP contribution in [0, 0.1) is 5.82 Å². The van der Waals surface area contributed by atoms with Gasteiger partial charge in [0, 0.05) is 39.3 Å². The first-order valence-electron chi connectivity index (χ1n) is 6.22. The molecule has 1 heterocycles. The van der Waals surface area contributed by atoms with Gasteiger partial charge >= 0.3 is 0 Å². The molecule has 1 aliphatic heterocycles. The van der Waals surface area contributed by atoms with Gasteiger partial charge in [-0.2, -0.15) is 0 Å². The molecule has 6 heteroatoms. The van der Waals surface area contributed by atoms with Crippen LogP contribution in [-0.2, 0) is 6.54 Å². The first kappa shape index (κ1) is 14.7. The lowest BCUT2D eigenvalue weighted by molar-refractivity contribution is 0.140. The van der Waals surface area contributed by atoms with Gasteiger partial charge in [0.05, 0.1) is 10.0 Å². The third kappa shape index (κ3) is 4.11. The molecule has 1 aliphatic rings. The number of hydrogen-bond donors (Lipinski definition) is 1. The van der Waals surface area contributed by atoms with Crippen LogP contribution in [0.25, 0.3) is 0 Å². The minimum Gasteiger partial charge on any atom is -0.392 e. The molecule has 0 atom stereocenters. The molecule has 3 nitrogen and oxygen atoms in total. The van der Waals surface area contributed by atoms with Crippen LogP contribution in [0.4, 0.5) is 4.39 Å². The van der Waals surface area contributed by atoms with E-state index in [2.05, 4.69) is 9.80 Å². The molecule has 104 valence electrons. The van der Waals surface area contributed by atoms with Gasteiger partial charge < -0.3 is 5.73 Å².